The molecule has 1 aliphatic heterocycles. The van der Waals surface area contributed by atoms with Crippen molar-refractivity contribution in [2.75, 3.05) is 6.61 Å². The lowest BCUT2D eigenvalue weighted by Gasteiger charge is -2.23. The molecule has 1 heterocycles. The van der Waals surface area contributed by atoms with Crippen molar-refractivity contribution in [1.82, 2.24) is 0 Å². The van der Waals surface area contributed by atoms with Gasteiger partial charge in [-0.2, -0.15) is 0 Å². The molecule has 0 spiro atoms. The van der Waals surface area contributed by atoms with Crippen LogP contribution in [0, 0.1) is 0 Å². The maximum Gasteiger partial charge on any atom is 0.199 e. The van der Waals surface area contributed by atoms with Gasteiger partial charge in [0.05, 0.1) is 17.7 Å². The van der Waals surface area contributed by atoms with Gasteiger partial charge in [-0.1, -0.05) is 12.1 Å². The van der Waals surface area contributed by atoms with E-state index in [0.29, 0.717) is 18.8 Å². The molecular weight excluding hydrogens is 360 g/mol. The van der Waals surface area contributed by atoms with Gasteiger partial charge in [0.2, 0.25) is 0 Å². The molecule has 0 saturated carbocycles. The quantitative estimate of drug-likeness (QED) is 0.661. The first kappa shape index (κ1) is 19.9. The number of Topliss-reactive ketones (excluding diaryl/α,β-unsaturated/α-hetero) is 2. The summed E-state index contributed by atoms with van der Waals surface area (Å²) >= 11 is 0. The number of phenols is 2. The highest BCUT2D eigenvalue weighted by Crippen LogP contribution is 2.28. The smallest absolute Gasteiger partial charge is 0.199 e. The third-order valence-corrected chi connectivity index (χ3v) is 4.69. The van der Waals surface area contributed by atoms with E-state index in [1.54, 1.807) is 24.3 Å². The molecular formula is C22H24O6. The van der Waals surface area contributed by atoms with Crippen molar-refractivity contribution in [3.05, 3.63) is 53.6 Å². The molecule has 1 fully saturated rings. The molecule has 1 unspecified atom stereocenters. The predicted octanol–water partition coefficient (Wildman–Crippen LogP) is 4.24. The van der Waals surface area contributed by atoms with E-state index in [0.717, 1.165) is 19.3 Å². The van der Waals surface area contributed by atoms with Gasteiger partial charge in [-0.15, -0.1) is 0 Å². The summed E-state index contributed by atoms with van der Waals surface area (Å²) in [7, 11) is 0. The molecule has 1 aliphatic rings. The minimum atomic E-state index is -0.324. The summed E-state index contributed by atoms with van der Waals surface area (Å²) < 4.78 is 11.2. The Morgan fingerprint density at radius 3 is 2.32 bits per heavy atom. The van der Waals surface area contributed by atoms with E-state index < -0.39 is 0 Å². The van der Waals surface area contributed by atoms with Gasteiger partial charge in [-0.3, -0.25) is 9.59 Å². The van der Waals surface area contributed by atoms with Crippen molar-refractivity contribution in [2.24, 2.45) is 0 Å². The van der Waals surface area contributed by atoms with Crippen molar-refractivity contribution in [2.45, 2.75) is 44.8 Å². The summed E-state index contributed by atoms with van der Waals surface area (Å²) in [4.78, 5) is 24.5. The van der Waals surface area contributed by atoms with Gasteiger partial charge >= 0.3 is 0 Å². The topological polar surface area (TPSA) is 93.1 Å². The minimum Gasteiger partial charge on any atom is -0.507 e. The van der Waals surface area contributed by atoms with E-state index >= 15 is 0 Å². The molecule has 6 nitrogen and oxygen atoms in total. The molecule has 148 valence electrons. The number of ether oxygens (including phenoxy) is 2. The van der Waals surface area contributed by atoms with Crippen LogP contribution in [0.2, 0.25) is 0 Å². The number of carbonyl (C=O) groups is 2. The van der Waals surface area contributed by atoms with Crippen LogP contribution >= 0.6 is 0 Å². The molecule has 1 atom stereocenters. The van der Waals surface area contributed by atoms with E-state index in [1.807, 2.05) is 0 Å². The minimum absolute atomic E-state index is 0.0611. The van der Waals surface area contributed by atoms with Crippen molar-refractivity contribution < 1.29 is 29.3 Å². The average Bonchev–Trinajstić information content (AvgIpc) is 2.69. The Hall–Kier alpha value is -2.86. The third kappa shape index (κ3) is 5.10. The second kappa shape index (κ2) is 9.37. The van der Waals surface area contributed by atoms with E-state index in [4.69, 9.17) is 9.47 Å². The highest BCUT2D eigenvalue weighted by Gasteiger charge is 2.18. The molecule has 0 bridgehead atoms. The number of hydrogen-bond acceptors (Lipinski definition) is 6. The van der Waals surface area contributed by atoms with Crippen molar-refractivity contribution >= 4 is 11.6 Å². The van der Waals surface area contributed by atoms with E-state index in [-0.39, 0.29) is 53.3 Å². The molecule has 0 radical (unpaired) electrons. The van der Waals surface area contributed by atoms with Gasteiger partial charge in [-0.25, -0.2) is 0 Å². The molecule has 2 aromatic carbocycles. The zero-order chi connectivity index (χ0) is 19.9. The van der Waals surface area contributed by atoms with Crippen molar-refractivity contribution in [1.29, 1.82) is 0 Å². The van der Waals surface area contributed by atoms with Gasteiger partial charge in [0.1, 0.15) is 17.2 Å². The van der Waals surface area contributed by atoms with E-state index in [1.165, 1.54) is 18.2 Å². The van der Waals surface area contributed by atoms with Crippen LogP contribution in [0.1, 0.15) is 59.2 Å². The third-order valence-electron chi connectivity index (χ3n) is 4.69. The SMILES string of the molecule is O=C(CCCC(=O)c1ccc(OC2CCCCO2)cc1O)c1ccccc1O. The van der Waals surface area contributed by atoms with Crippen LogP contribution in [-0.4, -0.2) is 34.7 Å². The largest absolute Gasteiger partial charge is 0.507 e. The molecule has 2 aromatic rings. The zero-order valence-corrected chi connectivity index (χ0v) is 15.6. The zero-order valence-electron chi connectivity index (χ0n) is 15.6. The van der Waals surface area contributed by atoms with Gasteiger partial charge in [0, 0.05) is 25.3 Å². The molecule has 0 amide bonds. The fourth-order valence-electron chi connectivity index (χ4n) is 3.16. The molecule has 2 N–H and O–H groups in total. The lowest BCUT2D eigenvalue weighted by Crippen LogP contribution is -2.24. The van der Waals surface area contributed by atoms with Crippen LogP contribution in [0.5, 0.6) is 17.2 Å². The van der Waals surface area contributed by atoms with Gasteiger partial charge in [0.25, 0.3) is 0 Å². The number of benzene rings is 2. The average molecular weight is 384 g/mol. The fourth-order valence-corrected chi connectivity index (χ4v) is 3.16. The Morgan fingerprint density at radius 1 is 0.964 bits per heavy atom. The summed E-state index contributed by atoms with van der Waals surface area (Å²) in [6, 6.07) is 10.9. The van der Waals surface area contributed by atoms with Gasteiger partial charge < -0.3 is 19.7 Å². The van der Waals surface area contributed by atoms with E-state index in [9.17, 15) is 19.8 Å². The van der Waals surface area contributed by atoms with Crippen LogP contribution in [0.4, 0.5) is 0 Å². The highest BCUT2D eigenvalue weighted by molar-refractivity contribution is 6.00. The number of aromatic hydroxyl groups is 2. The van der Waals surface area contributed by atoms with Crippen LogP contribution < -0.4 is 4.74 Å². The normalized spacial score (nSPS) is 16.5. The standard InChI is InChI=1S/C22H24O6/c23-18-7-2-1-6-16(18)19(24)8-5-9-20(25)17-12-11-15(14-21(17)26)28-22-10-3-4-13-27-22/h1-2,6-7,11-12,14,22-23,26H,3-5,8-10,13H2. The Balaban J connectivity index is 1.52. The number of phenolic OH excluding ortho intramolecular Hbond substituents is 2. The summed E-state index contributed by atoms with van der Waals surface area (Å²) in [6.07, 6.45) is 3.13. The first-order valence-corrected chi connectivity index (χ1v) is 9.50. The van der Waals surface area contributed by atoms with Crippen LogP contribution in [0.3, 0.4) is 0 Å². The Bertz CT molecular complexity index is 839. The molecule has 0 aliphatic carbocycles. The maximum absolute atomic E-state index is 12.4. The number of rotatable bonds is 8. The lowest BCUT2D eigenvalue weighted by atomic mass is 10.0. The summed E-state index contributed by atoms with van der Waals surface area (Å²) in [5, 5.41) is 19.9. The maximum atomic E-state index is 12.4. The van der Waals surface area contributed by atoms with E-state index in [2.05, 4.69) is 0 Å². The number of ketones is 2. The van der Waals surface area contributed by atoms with Crippen LogP contribution in [0.25, 0.3) is 0 Å². The van der Waals surface area contributed by atoms with Crippen LogP contribution in [0.15, 0.2) is 42.5 Å². The first-order chi connectivity index (χ1) is 13.5. The molecule has 0 aromatic heterocycles. The lowest BCUT2D eigenvalue weighted by molar-refractivity contribution is -0.105. The second-order valence-electron chi connectivity index (χ2n) is 6.81. The van der Waals surface area contributed by atoms with Crippen molar-refractivity contribution in [3.8, 4) is 17.2 Å². The highest BCUT2D eigenvalue weighted by atomic mass is 16.7. The summed E-state index contributed by atoms with van der Waals surface area (Å²) in [6.45, 7) is 0.659. The summed E-state index contributed by atoms with van der Waals surface area (Å²) in [5.41, 5.74) is 0.455. The molecule has 3 rings (SSSR count). The van der Waals surface area contributed by atoms with Gasteiger partial charge in [-0.05, 0) is 43.5 Å². The number of para-hydroxylation sites is 1. The molecule has 1 saturated heterocycles. The van der Waals surface area contributed by atoms with Crippen LogP contribution in [-0.2, 0) is 4.74 Å². The number of hydrogen-bond donors (Lipinski definition) is 2. The Kier molecular flexibility index (Phi) is 6.66. The fraction of sp³-hybridized carbons (Fsp3) is 0.364. The van der Waals surface area contributed by atoms with Gasteiger partial charge in [0.15, 0.2) is 17.9 Å². The molecule has 6 heteroatoms. The second-order valence-corrected chi connectivity index (χ2v) is 6.81. The first-order valence-electron chi connectivity index (χ1n) is 9.50. The Morgan fingerprint density at radius 2 is 1.68 bits per heavy atom. The monoisotopic (exact) mass is 384 g/mol. The number of carbonyl (C=O) groups excluding carboxylic acids is 2. The summed E-state index contributed by atoms with van der Waals surface area (Å²) in [5.74, 6) is -0.218. The van der Waals surface area contributed by atoms with Crippen molar-refractivity contribution in [3.63, 3.8) is 0 Å². The molecule has 28 heavy (non-hydrogen) atoms. The predicted molar refractivity (Wildman–Crippen MR) is 103 cm³/mol. The Labute approximate surface area is 163 Å².